The molecule has 7 rings (SSSR count). The highest BCUT2D eigenvalue weighted by molar-refractivity contribution is 7.86. The van der Waals surface area contributed by atoms with Gasteiger partial charge in [-0.3, -0.25) is 19.3 Å². The van der Waals surface area contributed by atoms with Crippen molar-refractivity contribution in [1.29, 1.82) is 0 Å². The van der Waals surface area contributed by atoms with Crippen LogP contribution in [0.1, 0.15) is 0 Å². The normalized spacial score (nSPS) is 14.2. The lowest BCUT2D eigenvalue weighted by Crippen LogP contribution is -2.15. The topological polar surface area (TPSA) is 263 Å². The van der Waals surface area contributed by atoms with Crippen molar-refractivity contribution in [3.05, 3.63) is 133 Å². The Labute approximate surface area is 323 Å². The van der Waals surface area contributed by atoms with Crippen LogP contribution in [0.3, 0.4) is 0 Å². The van der Waals surface area contributed by atoms with Crippen molar-refractivity contribution in [2.24, 2.45) is 25.6 Å². The molecule has 1 aliphatic carbocycles. The first-order chi connectivity index (χ1) is 27.1. The van der Waals surface area contributed by atoms with E-state index in [9.17, 15) is 35.5 Å². The Bertz CT molecular complexity index is 3030. The van der Waals surface area contributed by atoms with Crippen LogP contribution in [0.5, 0.6) is 0 Å². The molecule has 0 unspecified atom stereocenters. The first-order valence-electron chi connectivity index (χ1n) is 16.5. The Morgan fingerprint density at radius 3 is 1.68 bits per heavy atom. The predicted octanol–water partition coefficient (Wildman–Crippen LogP) is 8.48. The molecular weight excluding hydrogens is 775 g/mol. The van der Waals surface area contributed by atoms with Gasteiger partial charge in [-0.1, -0.05) is 36.4 Å². The van der Waals surface area contributed by atoms with E-state index in [0.717, 1.165) is 17.2 Å². The largest absolute Gasteiger partial charge is 0.478 e. The molecule has 0 spiro atoms. The molecule has 16 nitrogen and oxygen atoms in total. The minimum absolute atomic E-state index is 0.221. The maximum Gasteiger partial charge on any atom is 0.339 e. The van der Waals surface area contributed by atoms with E-state index in [-0.39, 0.29) is 37.8 Å². The van der Waals surface area contributed by atoms with Gasteiger partial charge in [0.15, 0.2) is 5.78 Å². The molecule has 6 aromatic rings. The number of allylic oxidation sites excluding steroid dienone is 3. The number of hydrazone groups is 1. The number of aliphatic carboxylic acids is 1. The number of ketones is 1. The number of carbonyl (C=O) groups excluding carboxylic acids is 1. The molecule has 0 saturated heterocycles. The summed E-state index contributed by atoms with van der Waals surface area (Å²) in [6, 6.07) is 28.5. The average molecular weight is 802 g/mol. The first-order valence-corrected chi connectivity index (χ1v) is 19.4. The molecule has 0 fully saturated rings. The quantitative estimate of drug-likeness (QED) is 0.0219. The number of nitrogens with two attached hydrogens (primary N) is 1. The molecule has 1 aliphatic rings. The first kappa shape index (κ1) is 38.0. The summed E-state index contributed by atoms with van der Waals surface area (Å²) < 4.78 is 66.8. The number of rotatable bonds is 10. The molecule has 0 radical (unpaired) electrons. The molecule has 284 valence electrons. The van der Waals surface area contributed by atoms with E-state index in [2.05, 4.69) is 31.0 Å². The average Bonchev–Trinajstić information content (AvgIpc) is 3.19. The zero-order chi connectivity index (χ0) is 40.5. The second-order valence-electron chi connectivity index (χ2n) is 12.4. The van der Waals surface area contributed by atoms with E-state index >= 15 is 0 Å². The van der Waals surface area contributed by atoms with Crippen LogP contribution >= 0.6 is 0 Å². The van der Waals surface area contributed by atoms with Crippen molar-refractivity contribution in [2.75, 3.05) is 11.2 Å². The van der Waals surface area contributed by atoms with Gasteiger partial charge in [0.2, 0.25) is 0 Å². The monoisotopic (exact) mass is 801 g/mol. The van der Waals surface area contributed by atoms with E-state index in [1.165, 1.54) is 54.6 Å². The lowest BCUT2D eigenvalue weighted by atomic mass is 10.0. The van der Waals surface area contributed by atoms with Gasteiger partial charge < -0.3 is 10.8 Å². The molecule has 0 heterocycles. The number of carbonyl (C=O) groups is 2. The fraction of sp³-hybridized carbons (Fsp3) is 0. The van der Waals surface area contributed by atoms with E-state index in [4.69, 9.17) is 10.8 Å². The van der Waals surface area contributed by atoms with E-state index in [0.29, 0.717) is 38.9 Å². The third-order valence-electron chi connectivity index (χ3n) is 8.67. The summed E-state index contributed by atoms with van der Waals surface area (Å²) in [7, 11) is -9.08. The molecule has 0 atom stereocenters. The summed E-state index contributed by atoms with van der Waals surface area (Å²) in [5.41, 5.74) is 12.9. The molecular formula is C39H27N7O9S2. The number of hydrogen-bond donors (Lipinski definition) is 5. The number of nitrogen functional groups attached to an aromatic ring is 1. The van der Waals surface area contributed by atoms with Gasteiger partial charge >= 0.3 is 5.97 Å². The summed E-state index contributed by atoms with van der Waals surface area (Å²) in [5.74, 6) is -1.93. The summed E-state index contributed by atoms with van der Waals surface area (Å²) >= 11 is 0. The number of fused-ring (bicyclic) bond motifs is 2. The van der Waals surface area contributed by atoms with Gasteiger partial charge in [0.05, 0.1) is 43.9 Å². The number of azo groups is 2. The summed E-state index contributed by atoms with van der Waals surface area (Å²) in [6.45, 7) is 0. The zero-order valence-corrected chi connectivity index (χ0v) is 30.7. The molecule has 0 aromatic heterocycles. The molecule has 0 bridgehead atoms. The number of nitrogens with one attached hydrogen (secondary N) is 1. The van der Waals surface area contributed by atoms with Crippen LogP contribution in [0, 0.1) is 0 Å². The Balaban J connectivity index is 1.12. The van der Waals surface area contributed by atoms with Gasteiger partial charge in [-0.2, -0.15) is 27.1 Å². The van der Waals surface area contributed by atoms with E-state index < -0.39 is 32.0 Å². The molecule has 0 saturated carbocycles. The highest BCUT2D eigenvalue weighted by atomic mass is 32.2. The van der Waals surface area contributed by atoms with Crippen LogP contribution in [0.15, 0.2) is 168 Å². The van der Waals surface area contributed by atoms with Crippen molar-refractivity contribution in [3.8, 4) is 11.1 Å². The van der Waals surface area contributed by atoms with Gasteiger partial charge in [0, 0.05) is 27.2 Å². The fourth-order valence-corrected chi connectivity index (χ4v) is 6.79. The van der Waals surface area contributed by atoms with Crippen LogP contribution in [0.25, 0.3) is 32.7 Å². The maximum atomic E-state index is 12.1. The molecule has 0 aliphatic heterocycles. The summed E-state index contributed by atoms with van der Waals surface area (Å²) in [5, 5.41) is 32.2. The van der Waals surface area contributed by atoms with Crippen molar-refractivity contribution >= 4 is 93.4 Å². The van der Waals surface area contributed by atoms with Crippen LogP contribution < -0.4 is 11.2 Å². The van der Waals surface area contributed by atoms with Gasteiger partial charge in [-0.25, -0.2) is 4.79 Å². The van der Waals surface area contributed by atoms with E-state index in [1.54, 1.807) is 42.5 Å². The Morgan fingerprint density at radius 1 is 0.596 bits per heavy atom. The Hall–Kier alpha value is -7.25. The highest BCUT2D eigenvalue weighted by Crippen LogP contribution is 2.38. The number of benzene rings is 6. The van der Waals surface area contributed by atoms with Crippen LogP contribution in [-0.4, -0.2) is 48.5 Å². The number of anilines is 2. The highest BCUT2D eigenvalue weighted by Gasteiger charge is 2.19. The standard InChI is InChI=1S/C39H27N7O9S2/c40-34-14-15-35(29-12-10-27(20-31(29)34)56(50,51)52)45-46-37-17-16-36(30-13-11-28(21-32(30)37)57(53,54)55)44-42-25-7-3-23(4-8-25)22-1-5-24(6-2-22)41-43-26-9-18-38(47)33(19-26)39(48)49/h1-21,41H,40H2,(H,48,49)(H,50,51,52)(H,53,54,55). The Morgan fingerprint density at radius 2 is 1.11 bits per heavy atom. The van der Waals surface area contributed by atoms with Gasteiger partial charge in [0.25, 0.3) is 20.2 Å². The smallest absolute Gasteiger partial charge is 0.339 e. The molecule has 0 amide bonds. The third-order valence-corrected chi connectivity index (χ3v) is 10.4. The van der Waals surface area contributed by atoms with E-state index in [1.807, 2.05) is 24.3 Å². The Kier molecular flexibility index (Phi) is 10.1. The predicted molar refractivity (Wildman–Crippen MR) is 213 cm³/mol. The van der Waals surface area contributed by atoms with Crippen molar-refractivity contribution in [1.82, 2.24) is 0 Å². The minimum atomic E-state index is -4.59. The van der Waals surface area contributed by atoms with Crippen molar-refractivity contribution < 1.29 is 40.6 Å². The second kappa shape index (κ2) is 15.1. The molecule has 18 heteroatoms. The van der Waals surface area contributed by atoms with Gasteiger partial charge in [0.1, 0.15) is 5.57 Å². The van der Waals surface area contributed by atoms with Crippen molar-refractivity contribution in [2.45, 2.75) is 9.79 Å². The number of nitrogens with zero attached hydrogens (tertiary/aromatic N) is 5. The van der Waals surface area contributed by atoms with Crippen LogP contribution in [-0.2, 0) is 29.8 Å². The number of hydrogen-bond acceptors (Lipinski definition) is 13. The molecule has 6 aromatic carbocycles. The summed E-state index contributed by atoms with van der Waals surface area (Å²) in [6.07, 6.45) is 3.76. The van der Waals surface area contributed by atoms with Crippen LogP contribution in [0.2, 0.25) is 0 Å². The fourth-order valence-electron chi connectivity index (χ4n) is 5.77. The zero-order valence-electron chi connectivity index (χ0n) is 29.0. The molecule has 6 N–H and O–H groups in total. The van der Waals surface area contributed by atoms with Gasteiger partial charge in [-0.05, 0) is 102 Å². The minimum Gasteiger partial charge on any atom is -0.478 e. The lowest BCUT2D eigenvalue weighted by Gasteiger charge is -2.08. The maximum absolute atomic E-state index is 12.1. The SMILES string of the molecule is Nc1ccc(N=Nc2ccc(N=Nc3ccc(-c4ccc(NN=C5C=CC(=O)C(C(=O)O)=C5)cc4)cc3)c3ccc(S(=O)(=O)O)cc23)c2ccc(S(=O)(=O)O)cc12. The van der Waals surface area contributed by atoms with Crippen LogP contribution in [0.4, 0.5) is 34.1 Å². The van der Waals surface area contributed by atoms with Crippen molar-refractivity contribution in [3.63, 3.8) is 0 Å². The number of carboxylic acid groups (broad SMARTS) is 1. The second-order valence-corrected chi connectivity index (χ2v) is 15.2. The van der Waals surface area contributed by atoms with Gasteiger partial charge in [-0.15, -0.1) is 15.3 Å². The summed E-state index contributed by atoms with van der Waals surface area (Å²) in [4.78, 5) is 22.2. The molecule has 57 heavy (non-hydrogen) atoms. The number of carboxylic acids is 1. The third kappa shape index (κ3) is 8.38. The lowest BCUT2D eigenvalue weighted by molar-refractivity contribution is -0.134.